The van der Waals surface area contributed by atoms with Crippen molar-refractivity contribution in [3.8, 4) is 0 Å². The molecule has 0 aliphatic carbocycles. The predicted octanol–water partition coefficient (Wildman–Crippen LogP) is 2.37. The van der Waals surface area contributed by atoms with Gasteiger partial charge in [0.2, 0.25) is 15.9 Å². The van der Waals surface area contributed by atoms with Crippen LogP contribution in [-0.2, 0) is 35.6 Å². The number of hydrogen-bond acceptors (Lipinski definition) is 7. The average molecular weight is 645 g/mol. The first-order valence-electron chi connectivity index (χ1n) is 14.0. The van der Waals surface area contributed by atoms with Crippen molar-refractivity contribution in [3.63, 3.8) is 0 Å². The Labute approximate surface area is 262 Å². The van der Waals surface area contributed by atoms with E-state index in [9.17, 15) is 22.8 Å². The van der Waals surface area contributed by atoms with Gasteiger partial charge < -0.3 is 26.0 Å². The lowest BCUT2D eigenvalue weighted by Gasteiger charge is -2.33. The first-order valence-corrected chi connectivity index (χ1v) is 15.5. The first kappa shape index (κ1) is 34.3. The fourth-order valence-corrected chi connectivity index (χ4v) is 6.17. The van der Waals surface area contributed by atoms with Gasteiger partial charge in [-0.25, -0.2) is 13.2 Å². The molecular weight excluding hydrogens is 608 g/mol. The van der Waals surface area contributed by atoms with E-state index in [-0.39, 0.29) is 42.2 Å². The molecule has 1 saturated heterocycles. The molecule has 3 aromatic carbocycles. The van der Waals surface area contributed by atoms with Crippen molar-refractivity contribution in [2.24, 2.45) is 11.7 Å². The molecule has 0 aromatic heterocycles. The zero-order valence-electron chi connectivity index (χ0n) is 24.2. The minimum absolute atomic E-state index is 0. The number of sulfonamides is 1. The highest BCUT2D eigenvalue weighted by molar-refractivity contribution is 7.89. The molecule has 236 valence electrons. The Balaban J connectivity index is 0.00000529. The summed E-state index contributed by atoms with van der Waals surface area (Å²) < 4.78 is 34.2. The number of carbonyl (C=O) groups excluding carboxylic acids is 3. The van der Waals surface area contributed by atoms with Gasteiger partial charge in [-0.3, -0.25) is 15.0 Å². The number of halogens is 1. The van der Waals surface area contributed by atoms with E-state index < -0.39 is 33.8 Å². The van der Waals surface area contributed by atoms with Gasteiger partial charge >= 0.3 is 11.9 Å². The molecule has 1 heterocycles. The lowest BCUT2D eigenvalue weighted by Crippen LogP contribution is -2.51. The summed E-state index contributed by atoms with van der Waals surface area (Å²) in [4.78, 5) is 38.8. The number of likely N-dealkylation sites (tertiary alicyclic amines) is 1. The van der Waals surface area contributed by atoms with E-state index in [0.29, 0.717) is 30.9 Å². The number of ether oxygens (including phenoxy) is 1. The zero-order valence-corrected chi connectivity index (χ0v) is 25.9. The number of piperidine rings is 1. The van der Waals surface area contributed by atoms with Gasteiger partial charge in [0.15, 0.2) is 5.96 Å². The molecule has 3 aromatic rings. The maximum absolute atomic E-state index is 13.5. The third-order valence-electron chi connectivity index (χ3n) is 7.18. The molecule has 0 bridgehead atoms. The number of nitrogens with two attached hydrogens (primary N) is 1. The summed E-state index contributed by atoms with van der Waals surface area (Å²) in [5.41, 5.74) is 6.60. The van der Waals surface area contributed by atoms with Crippen molar-refractivity contribution in [3.05, 3.63) is 72.3 Å². The van der Waals surface area contributed by atoms with Gasteiger partial charge in [0.25, 0.3) is 0 Å². The van der Waals surface area contributed by atoms with Gasteiger partial charge in [0, 0.05) is 25.3 Å². The maximum atomic E-state index is 13.5. The van der Waals surface area contributed by atoms with Crippen LogP contribution in [0.1, 0.15) is 25.3 Å². The van der Waals surface area contributed by atoms with Crippen LogP contribution in [0.15, 0.2) is 71.6 Å². The minimum atomic E-state index is -4.09. The summed E-state index contributed by atoms with van der Waals surface area (Å²) in [6, 6.07) is 17.4. The van der Waals surface area contributed by atoms with Crippen LogP contribution in [0.4, 0.5) is 5.69 Å². The van der Waals surface area contributed by atoms with E-state index in [2.05, 4.69) is 20.1 Å². The van der Waals surface area contributed by atoms with E-state index in [4.69, 9.17) is 11.1 Å². The molecule has 6 N–H and O–H groups in total. The molecule has 2 atom stereocenters. The highest BCUT2D eigenvalue weighted by Gasteiger charge is 2.28. The number of fused-ring (bicyclic) bond motifs is 1. The molecule has 2 amide bonds. The fourth-order valence-electron chi connectivity index (χ4n) is 4.94. The second kappa shape index (κ2) is 15.5. The standard InChI is InChI=1S/C30H36N6O6S.ClH/c1-2-42-29(39)28(38)34-24-12-9-20(10-13-24)16-26(27(37)33-18-21-6-5-15-36(19-21)30(31)32)35-43(40,41)25-14-11-22-7-3-4-8-23(22)17-25;/h3-4,7-14,17,21,26,35H,2,5-6,15-16,18-19H2,1H3,(H3,31,32)(H,33,37)(H,34,38);1H/t21-,26+;/m0./s1. The number of hydrogen-bond donors (Lipinski definition) is 5. The topological polar surface area (TPSA) is 184 Å². The van der Waals surface area contributed by atoms with Crippen molar-refractivity contribution in [2.75, 3.05) is 31.6 Å². The predicted molar refractivity (Wildman–Crippen MR) is 170 cm³/mol. The quantitative estimate of drug-likeness (QED) is 0.0964. The number of rotatable bonds is 10. The molecular formula is C30H37ClN6O6S. The fraction of sp³-hybridized carbons (Fsp3) is 0.333. The third kappa shape index (κ3) is 9.15. The van der Waals surface area contributed by atoms with Crippen molar-refractivity contribution >= 4 is 62.6 Å². The number of nitrogens with one attached hydrogen (secondary N) is 4. The van der Waals surface area contributed by atoms with E-state index in [1.54, 1.807) is 48.2 Å². The zero-order chi connectivity index (χ0) is 31.0. The van der Waals surface area contributed by atoms with E-state index in [0.717, 1.165) is 23.6 Å². The normalized spacial score (nSPS) is 15.5. The number of amides is 2. The second-order valence-electron chi connectivity index (χ2n) is 10.3. The third-order valence-corrected chi connectivity index (χ3v) is 8.65. The first-order chi connectivity index (χ1) is 20.6. The summed E-state index contributed by atoms with van der Waals surface area (Å²) in [5, 5.41) is 14.7. The van der Waals surface area contributed by atoms with Crippen LogP contribution in [0.25, 0.3) is 10.8 Å². The summed E-state index contributed by atoms with van der Waals surface area (Å²) in [6.07, 6.45) is 1.70. The van der Waals surface area contributed by atoms with Crippen LogP contribution in [-0.4, -0.2) is 69.3 Å². The molecule has 0 spiro atoms. The molecule has 0 saturated carbocycles. The Bertz CT molecular complexity index is 1600. The number of nitrogens with zero attached hydrogens (tertiary/aromatic N) is 1. The second-order valence-corrected chi connectivity index (χ2v) is 12.1. The number of anilines is 1. The maximum Gasteiger partial charge on any atom is 0.397 e. The van der Waals surface area contributed by atoms with Crippen LogP contribution < -0.4 is 21.1 Å². The van der Waals surface area contributed by atoms with Crippen LogP contribution in [0.3, 0.4) is 0 Å². The number of guanidine groups is 1. The lowest BCUT2D eigenvalue weighted by atomic mass is 9.98. The van der Waals surface area contributed by atoms with E-state index in [1.807, 2.05) is 24.3 Å². The summed E-state index contributed by atoms with van der Waals surface area (Å²) in [5.74, 6) is -2.37. The van der Waals surface area contributed by atoms with Crippen molar-refractivity contribution in [1.29, 1.82) is 5.41 Å². The Morgan fingerprint density at radius 2 is 1.77 bits per heavy atom. The number of esters is 1. The Morgan fingerprint density at radius 3 is 2.45 bits per heavy atom. The van der Waals surface area contributed by atoms with Crippen LogP contribution >= 0.6 is 12.4 Å². The van der Waals surface area contributed by atoms with Gasteiger partial charge in [-0.1, -0.05) is 42.5 Å². The lowest BCUT2D eigenvalue weighted by molar-refractivity contribution is -0.152. The summed E-state index contributed by atoms with van der Waals surface area (Å²) in [6.45, 7) is 3.18. The molecule has 1 aliphatic heterocycles. The molecule has 12 nitrogen and oxygen atoms in total. The Kier molecular flexibility index (Phi) is 12.1. The Morgan fingerprint density at radius 1 is 1.07 bits per heavy atom. The van der Waals surface area contributed by atoms with Crippen LogP contribution in [0.2, 0.25) is 0 Å². The summed E-state index contributed by atoms with van der Waals surface area (Å²) >= 11 is 0. The van der Waals surface area contributed by atoms with E-state index >= 15 is 0 Å². The molecule has 0 radical (unpaired) electrons. The molecule has 0 unspecified atom stereocenters. The molecule has 44 heavy (non-hydrogen) atoms. The highest BCUT2D eigenvalue weighted by Crippen LogP contribution is 2.20. The van der Waals surface area contributed by atoms with Crippen LogP contribution in [0, 0.1) is 11.3 Å². The molecule has 4 rings (SSSR count). The van der Waals surface area contributed by atoms with Crippen LogP contribution in [0.5, 0.6) is 0 Å². The van der Waals surface area contributed by atoms with Gasteiger partial charge in [-0.15, -0.1) is 12.4 Å². The molecule has 1 fully saturated rings. The van der Waals surface area contributed by atoms with Crippen molar-refractivity contribution in [2.45, 2.75) is 37.1 Å². The summed E-state index contributed by atoms with van der Waals surface area (Å²) in [7, 11) is -4.09. The number of benzene rings is 3. The monoisotopic (exact) mass is 644 g/mol. The number of carbonyl (C=O) groups is 3. The smallest absolute Gasteiger partial charge is 0.397 e. The average Bonchev–Trinajstić information content (AvgIpc) is 3.00. The molecule has 1 aliphatic rings. The van der Waals surface area contributed by atoms with Gasteiger partial charge in [-0.05, 0) is 72.7 Å². The van der Waals surface area contributed by atoms with Gasteiger partial charge in [0.1, 0.15) is 6.04 Å². The van der Waals surface area contributed by atoms with Crippen molar-refractivity contribution < 1.29 is 27.5 Å². The highest BCUT2D eigenvalue weighted by atomic mass is 35.5. The van der Waals surface area contributed by atoms with E-state index in [1.165, 1.54) is 6.07 Å². The Hall–Kier alpha value is -4.20. The molecule has 14 heteroatoms. The van der Waals surface area contributed by atoms with Gasteiger partial charge in [-0.2, -0.15) is 4.72 Å². The van der Waals surface area contributed by atoms with Crippen molar-refractivity contribution in [1.82, 2.24) is 14.9 Å². The minimum Gasteiger partial charge on any atom is -0.459 e. The largest absolute Gasteiger partial charge is 0.459 e. The van der Waals surface area contributed by atoms with Gasteiger partial charge in [0.05, 0.1) is 11.5 Å². The SMILES string of the molecule is CCOC(=O)C(=O)Nc1ccc(C[C@@H](NS(=O)(=O)c2ccc3ccccc3c2)C(=O)NC[C@@H]2CCCN(C(=N)N)C2)cc1.Cl.